The summed E-state index contributed by atoms with van der Waals surface area (Å²) >= 11 is 0. The number of carbonyl (C=O) groups is 1. The Kier molecular flexibility index (Phi) is 8.38. The van der Waals surface area contributed by atoms with Crippen molar-refractivity contribution in [3.05, 3.63) is 48.2 Å². The van der Waals surface area contributed by atoms with E-state index >= 15 is 0 Å². The van der Waals surface area contributed by atoms with Crippen molar-refractivity contribution in [3.8, 4) is 0 Å². The number of nitrogens with zero attached hydrogens (tertiary/aromatic N) is 6. The molecule has 0 aliphatic carbocycles. The molecule has 0 radical (unpaired) electrons. The molecule has 0 saturated carbocycles. The van der Waals surface area contributed by atoms with Crippen molar-refractivity contribution < 1.29 is 31.6 Å². The summed E-state index contributed by atoms with van der Waals surface area (Å²) in [6, 6.07) is 3.14. The summed E-state index contributed by atoms with van der Waals surface area (Å²) < 4.78 is 65.1. The zero-order chi connectivity index (χ0) is 24.8. The Hall–Kier alpha value is -2.84. The van der Waals surface area contributed by atoms with Gasteiger partial charge in [-0.25, -0.2) is 28.4 Å². The number of rotatable bonds is 10. The third kappa shape index (κ3) is 6.84. The zero-order valence-electron chi connectivity index (χ0n) is 18.2. The van der Waals surface area contributed by atoms with Crippen molar-refractivity contribution in [2.24, 2.45) is 0 Å². The number of halogens is 3. The third-order valence-electron chi connectivity index (χ3n) is 5.54. The van der Waals surface area contributed by atoms with E-state index < -0.39 is 27.8 Å². The molecule has 2 aromatic heterocycles. The van der Waals surface area contributed by atoms with Crippen LogP contribution in [0.25, 0.3) is 0 Å². The lowest BCUT2D eigenvalue weighted by molar-refractivity contribution is -0.161. The Morgan fingerprint density at radius 1 is 1.09 bits per heavy atom. The van der Waals surface area contributed by atoms with Crippen LogP contribution >= 0.6 is 0 Å². The van der Waals surface area contributed by atoms with Crippen molar-refractivity contribution in [1.29, 1.82) is 0 Å². The highest BCUT2D eigenvalue weighted by Crippen LogP contribution is 2.29. The highest BCUT2D eigenvalue weighted by Gasteiger charge is 2.32. The molecule has 10 nitrogen and oxygen atoms in total. The van der Waals surface area contributed by atoms with Gasteiger partial charge in [-0.15, -0.1) is 0 Å². The molecule has 1 saturated heterocycles. The quantitative estimate of drug-likeness (QED) is 0.296. The number of aromatic nitrogens is 3. The van der Waals surface area contributed by atoms with Gasteiger partial charge in [-0.2, -0.15) is 17.5 Å². The number of sulfonamides is 1. The zero-order valence-corrected chi connectivity index (χ0v) is 19.0. The summed E-state index contributed by atoms with van der Waals surface area (Å²) in [5.74, 6) is 0.578. The molecule has 1 N–H and O–H groups in total. The van der Waals surface area contributed by atoms with Crippen LogP contribution in [0.4, 0.5) is 19.0 Å². The average molecular weight is 503 g/mol. The van der Waals surface area contributed by atoms with Gasteiger partial charge in [0.2, 0.25) is 16.4 Å². The molecule has 0 aromatic carbocycles. The second-order valence-electron chi connectivity index (χ2n) is 7.74. The third-order valence-corrected chi connectivity index (χ3v) is 7.45. The number of alkyl halides is 3. The Morgan fingerprint density at radius 3 is 2.32 bits per heavy atom. The van der Waals surface area contributed by atoms with Crippen molar-refractivity contribution >= 4 is 22.3 Å². The van der Waals surface area contributed by atoms with Crippen LogP contribution in [0, 0.1) is 0 Å². The summed E-state index contributed by atoms with van der Waals surface area (Å²) in [4.78, 5) is 24.8. The van der Waals surface area contributed by atoms with Gasteiger partial charge in [0.1, 0.15) is 11.6 Å². The number of hydroxylamine groups is 2. The topological polar surface area (TPSA) is 120 Å². The maximum Gasteiger partial charge on any atom is 0.417 e. The summed E-state index contributed by atoms with van der Waals surface area (Å²) in [6.07, 6.45) is 0.308. The van der Waals surface area contributed by atoms with E-state index in [0.29, 0.717) is 23.1 Å². The largest absolute Gasteiger partial charge is 0.417 e. The minimum absolute atomic E-state index is 0.0189. The first-order valence-corrected chi connectivity index (χ1v) is 12.2. The van der Waals surface area contributed by atoms with E-state index in [1.54, 1.807) is 23.4 Å². The first-order valence-electron chi connectivity index (χ1n) is 10.5. The lowest BCUT2D eigenvalue weighted by atomic mass is 10.1. The number of aryl methyl sites for hydroxylation is 1. The van der Waals surface area contributed by atoms with E-state index in [4.69, 9.17) is 0 Å². The number of amides is 1. The Labute approximate surface area is 195 Å². The van der Waals surface area contributed by atoms with Crippen LogP contribution in [0.15, 0.2) is 36.8 Å². The van der Waals surface area contributed by atoms with Gasteiger partial charge < -0.3 is 4.90 Å². The molecule has 1 fully saturated rings. The lowest BCUT2D eigenvalue weighted by Gasteiger charge is -2.35. The maximum atomic E-state index is 12.8. The normalized spacial score (nSPS) is 16.3. The molecule has 1 atom stereocenters. The minimum Gasteiger partial charge on any atom is -0.354 e. The molecular formula is C20H25F3N6O4S. The van der Waals surface area contributed by atoms with Crippen LogP contribution in [-0.4, -0.2) is 82.3 Å². The van der Waals surface area contributed by atoms with E-state index in [-0.39, 0.29) is 51.2 Å². The monoisotopic (exact) mass is 502 g/mol. The van der Waals surface area contributed by atoms with E-state index in [1.807, 2.05) is 0 Å². The van der Waals surface area contributed by atoms with Crippen LogP contribution in [0.1, 0.15) is 24.2 Å². The maximum absolute atomic E-state index is 12.8. The molecule has 34 heavy (non-hydrogen) atoms. The molecule has 1 amide bonds. The first-order chi connectivity index (χ1) is 16.1. The number of piperazine rings is 1. The minimum atomic E-state index is -4.47. The van der Waals surface area contributed by atoms with Gasteiger partial charge in [0.05, 0.1) is 17.4 Å². The molecule has 1 aliphatic heterocycles. The molecule has 1 aliphatic rings. The van der Waals surface area contributed by atoms with Gasteiger partial charge in [-0.3, -0.25) is 10.0 Å². The van der Waals surface area contributed by atoms with E-state index in [0.717, 1.165) is 12.3 Å². The van der Waals surface area contributed by atoms with E-state index in [2.05, 4.69) is 15.0 Å². The summed E-state index contributed by atoms with van der Waals surface area (Å²) in [6.45, 7) is 0.827. The SMILES string of the molecule is O=CN(O)[C@H](CCc1ncccn1)CCS(=O)(=O)N1CCN(c2ccc(C(F)(F)F)cn2)CC1. The van der Waals surface area contributed by atoms with Crippen LogP contribution in [0.2, 0.25) is 0 Å². The first kappa shape index (κ1) is 25.8. The summed E-state index contributed by atoms with van der Waals surface area (Å²) in [5.41, 5.74) is -0.848. The predicted octanol–water partition coefficient (Wildman–Crippen LogP) is 1.58. The fourth-order valence-corrected chi connectivity index (χ4v) is 5.15. The van der Waals surface area contributed by atoms with Crippen LogP contribution < -0.4 is 4.90 Å². The fraction of sp³-hybridized carbons (Fsp3) is 0.500. The molecule has 186 valence electrons. The van der Waals surface area contributed by atoms with Gasteiger partial charge in [0, 0.05) is 51.2 Å². The Morgan fingerprint density at radius 2 is 1.76 bits per heavy atom. The van der Waals surface area contributed by atoms with E-state index in [1.165, 1.54) is 10.4 Å². The van der Waals surface area contributed by atoms with Crippen LogP contribution in [0.5, 0.6) is 0 Å². The van der Waals surface area contributed by atoms with Gasteiger partial charge >= 0.3 is 6.18 Å². The van der Waals surface area contributed by atoms with Crippen LogP contribution in [0.3, 0.4) is 0 Å². The van der Waals surface area contributed by atoms with Crippen molar-refractivity contribution in [1.82, 2.24) is 24.3 Å². The smallest absolute Gasteiger partial charge is 0.354 e. The molecular weight excluding hydrogens is 477 g/mol. The highest BCUT2D eigenvalue weighted by molar-refractivity contribution is 7.89. The standard InChI is InChI=1S/C20H25F3N6O4S/c21-20(22,23)16-2-5-19(26-14-16)27-9-11-28(12-10-27)34(32,33)13-6-17(29(31)15-30)3-4-18-24-7-1-8-25-18/h1-2,5,7-8,14-15,17,31H,3-4,6,9-13H2/t17-/m1/s1. The molecule has 2 aromatic rings. The molecule has 3 heterocycles. The molecule has 0 unspecified atom stereocenters. The second-order valence-corrected chi connectivity index (χ2v) is 9.83. The highest BCUT2D eigenvalue weighted by atomic mass is 32.2. The predicted molar refractivity (Wildman–Crippen MR) is 115 cm³/mol. The lowest BCUT2D eigenvalue weighted by Crippen LogP contribution is -2.50. The fourth-order valence-electron chi connectivity index (χ4n) is 3.60. The Bertz CT molecular complexity index is 1030. The average Bonchev–Trinajstić information content (AvgIpc) is 2.84. The molecule has 0 bridgehead atoms. The van der Waals surface area contributed by atoms with Gasteiger partial charge in [-0.1, -0.05) is 0 Å². The van der Waals surface area contributed by atoms with Gasteiger partial charge in [0.25, 0.3) is 0 Å². The van der Waals surface area contributed by atoms with E-state index in [9.17, 15) is 31.6 Å². The summed E-state index contributed by atoms with van der Waals surface area (Å²) in [7, 11) is -3.68. The van der Waals surface area contributed by atoms with Crippen molar-refractivity contribution in [2.45, 2.75) is 31.5 Å². The number of pyridine rings is 1. The Balaban J connectivity index is 1.53. The molecule has 3 rings (SSSR count). The van der Waals surface area contributed by atoms with Crippen molar-refractivity contribution in [2.75, 3.05) is 36.8 Å². The summed E-state index contributed by atoms with van der Waals surface area (Å²) in [5, 5.41) is 10.3. The number of carbonyl (C=O) groups excluding carboxylic acids is 1. The van der Waals surface area contributed by atoms with Gasteiger partial charge in [-0.05, 0) is 31.0 Å². The van der Waals surface area contributed by atoms with Gasteiger partial charge in [0.15, 0.2) is 0 Å². The van der Waals surface area contributed by atoms with Crippen molar-refractivity contribution in [3.63, 3.8) is 0 Å². The molecule has 0 spiro atoms. The number of hydrogen-bond acceptors (Lipinski definition) is 8. The van der Waals surface area contributed by atoms with Crippen LogP contribution in [-0.2, 0) is 27.4 Å². The number of hydrogen-bond donors (Lipinski definition) is 1. The molecule has 14 heteroatoms. The second kappa shape index (κ2) is 11.1. The number of anilines is 1.